The van der Waals surface area contributed by atoms with Crippen molar-refractivity contribution >= 4 is 11.6 Å². The largest absolute Gasteiger partial charge is 0.353 e. The zero-order valence-electron chi connectivity index (χ0n) is 16.4. The van der Waals surface area contributed by atoms with Gasteiger partial charge in [-0.2, -0.15) is 0 Å². The Labute approximate surface area is 163 Å². The van der Waals surface area contributed by atoms with Gasteiger partial charge in [-0.1, -0.05) is 38.2 Å². The number of guanidine groups is 1. The third-order valence-electron chi connectivity index (χ3n) is 6.02. The van der Waals surface area contributed by atoms with Gasteiger partial charge in [-0.15, -0.1) is 0 Å². The van der Waals surface area contributed by atoms with Crippen molar-refractivity contribution in [1.82, 2.24) is 5.32 Å². The molecule has 2 atom stereocenters. The lowest BCUT2D eigenvalue weighted by molar-refractivity contribution is 0.277. The molecule has 1 aromatic rings. The van der Waals surface area contributed by atoms with Crippen LogP contribution < -0.4 is 16.4 Å². The molecule has 2 unspecified atom stereocenters. The van der Waals surface area contributed by atoms with Crippen LogP contribution in [0, 0.1) is 17.7 Å². The van der Waals surface area contributed by atoms with Crippen molar-refractivity contribution in [1.29, 1.82) is 0 Å². The molecule has 3 rings (SSSR count). The van der Waals surface area contributed by atoms with Crippen molar-refractivity contribution < 1.29 is 4.39 Å². The van der Waals surface area contributed by atoms with E-state index in [1.807, 2.05) is 6.07 Å². The fourth-order valence-corrected chi connectivity index (χ4v) is 4.44. The molecule has 1 aromatic carbocycles. The molecule has 0 aromatic heterocycles. The molecule has 2 aliphatic rings. The number of rotatable bonds is 5. The van der Waals surface area contributed by atoms with E-state index in [-0.39, 0.29) is 5.82 Å². The van der Waals surface area contributed by atoms with E-state index in [1.54, 1.807) is 6.07 Å². The summed E-state index contributed by atoms with van der Waals surface area (Å²) in [7, 11) is 0. The van der Waals surface area contributed by atoms with Gasteiger partial charge in [-0.3, -0.25) is 4.99 Å². The van der Waals surface area contributed by atoms with Crippen molar-refractivity contribution in [3.8, 4) is 0 Å². The van der Waals surface area contributed by atoms with E-state index in [2.05, 4.69) is 10.6 Å². The Hall–Kier alpha value is -1.62. The van der Waals surface area contributed by atoms with Crippen LogP contribution >= 0.6 is 0 Å². The number of halogens is 1. The highest BCUT2D eigenvalue weighted by Crippen LogP contribution is 2.28. The van der Waals surface area contributed by atoms with Gasteiger partial charge < -0.3 is 16.4 Å². The normalized spacial score (nSPS) is 25.0. The maximum atomic E-state index is 13.6. The molecule has 2 aliphatic carbocycles. The van der Waals surface area contributed by atoms with E-state index in [0.29, 0.717) is 17.9 Å². The Morgan fingerprint density at radius 2 is 1.81 bits per heavy atom. The summed E-state index contributed by atoms with van der Waals surface area (Å²) in [6.45, 7) is 1.60. The second kappa shape index (κ2) is 10.6. The molecule has 0 saturated heterocycles. The molecular formula is C22H35FN4. The molecule has 150 valence electrons. The van der Waals surface area contributed by atoms with Crippen LogP contribution in [0.25, 0.3) is 0 Å². The van der Waals surface area contributed by atoms with Gasteiger partial charge in [0.05, 0.1) is 0 Å². The molecule has 2 saturated carbocycles. The van der Waals surface area contributed by atoms with Crippen LogP contribution in [0.15, 0.2) is 29.3 Å². The van der Waals surface area contributed by atoms with E-state index in [1.165, 1.54) is 76.3 Å². The van der Waals surface area contributed by atoms with E-state index in [9.17, 15) is 4.39 Å². The summed E-state index contributed by atoms with van der Waals surface area (Å²) >= 11 is 0. The van der Waals surface area contributed by atoms with Crippen molar-refractivity contribution in [2.24, 2.45) is 22.6 Å². The molecule has 0 radical (unpaired) electrons. The molecular weight excluding hydrogens is 339 g/mol. The van der Waals surface area contributed by atoms with Crippen molar-refractivity contribution in [2.45, 2.75) is 70.3 Å². The third-order valence-corrected chi connectivity index (χ3v) is 6.02. The number of nitrogens with two attached hydrogens (primary N) is 1. The maximum absolute atomic E-state index is 13.6. The number of hydrogen-bond acceptors (Lipinski definition) is 2. The highest BCUT2D eigenvalue weighted by Gasteiger charge is 2.21. The minimum absolute atomic E-state index is 0.230. The summed E-state index contributed by atoms with van der Waals surface area (Å²) in [5.74, 6) is 1.81. The van der Waals surface area contributed by atoms with Crippen LogP contribution in [-0.2, 0) is 0 Å². The average Bonchev–Trinajstić information content (AvgIpc) is 2.95. The highest BCUT2D eigenvalue weighted by atomic mass is 19.1. The lowest BCUT2D eigenvalue weighted by Crippen LogP contribution is -2.39. The van der Waals surface area contributed by atoms with Crippen LogP contribution in [0.5, 0.6) is 0 Å². The highest BCUT2D eigenvalue weighted by molar-refractivity contribution is 5.93. The molecule has 4 N–H and O–H groups in total. The zero-order valence-corrected chi connectivity index (χ0v) is 16.4. The molecule has 0 heterocycles. The molecule has 0 aliphatic heterocycles. The second-order valence-corrected chi connectivity index (χ2v) is 8.29. The first-order chi connectivity index (χ1) is 13.2. The van der Waals surface area contributed by atoms with Gasteiger partial charge in [0.1, 0.15) is 5.82 Å². The van der Waals surface area contributed by atoms with Gasteiger partial charge in [0.25, 0.3) is 0 Å². The van der Waals surface area contributed by atoms with Gasteiger partial charge in [-0.25, -0.2) is 4.39 Å². The molecule has 0 bridgehead atoms. The SMILES string of the molecule is NCC1CCCC(CN=C(Nc2cccc(F)c2)NC2CCCCCC2)C1. The first kappa shape index (κ1) is 20.1. The Bertz CT molecular complexity index is 596. The molecule has 4 nitrogen and oxygen atoms in total. The first-order valence-corrected chi connectivity index (χ1v) is 10.8. The molecule has 27 heavy (non-hydrogen) atoms. The summed E-state index contributed by atoms with van der Waals surface area (Å²) in [5, 5.41) is 6.95. The molecule has 5 heteroatoms. The van der Waals surface area contributed by atoms with Gasteiger partial charge in [0.15, 0.2) is 5.96 Å². The lowest BCUT2D eigenvalue weighted by atomic mass is 9.81. The number of anilines is 1. The van der Waals surface area contributed by atoms with Crippen molar-refractivity contribution in [3.05, 3.63) is 30.1 Å². The zero-order chi connectivity index (χ0) is 18.9. The number of nitrogens with one attached hydrogen (secondary N) is 2. The Morgan fingerprint density at radius 1 is 1.04 bits per heavy atom. The Morgan fingerprint density at radius 3 is 2.56 bits per heavy atom. The monoisotopic (exact) mass is 374 g/mol. The smallest absolute Gasteiger partial charge is 0.196 e. The van der Waals surface area contributed by atoms with Gasteiger partial charge in [0.2, 0.25) is 0 Å². The van der Waals surface area contributed by atoms with Crippen LogP contribution in [0.2, 0.25) is 0 Å². The molecule has 0 amide bonds. The Kier molecular flexibility index (Phi) is 7.93. The summed E-state index contributed by atoms with van der Waals surface area (Å²) in [6.07, 6.45) is 12.5. The van der Waals surface area contributed by atoms with Crippen LogP contribution in [-0.4, -0.2) is 25.1 Å². The number of hydrogen-bond donors (Lipinski definition) is 3. The summed E-state index contributed by atoms with van der Waals surface area (Å²) in [4.78, 5) is 4.90. The second-order valence-electron chi connectivity index (χ2n) is 8.29. The minimum atomic E-state index is -0.230. The van der Waals surface area contributed by atoms with Crippen LogP contribution in [0.4, 0.5) is 10.1 Å². The van der Waals surface area contributed by atoms with Gasteiger partial charge in [0, 0.05) is 18.3 Å². The van der Waals surface area contributed by atoms with Crippen molar-refractivity contribution in [3.63, 3.8) is 0 Å². The predicted molar refractivity (Wildman–Crippen MR) is 111 cm³/mol. The number of nitrogens with zero attached hydrogens (tertiary/aromatic N) is 1. The van der Waals surface area contributed by atoms with Gasteiger partial charge in [-0.05, 0) is 68.7 Å². The van der Waals surface area contributed by atoms with E-state index < -0.39 is 0 Å². The Balaban J connectivity index is 1.65. The van der Waals surface area contributed by atoms with Crippen LogP contribution in [0.1, 0.15) is 64.2 Å². The number of aliphatic imine (C=N–C) groups is 1. The fourth-order valence-electron chi connectivity index (χ4n) is 4.44. The number of benzene rings is 1. The summed E-state index contributed by atoms with van der Waals surface area (Å²) in [6, 6.07) is 7.06. The summed E-state index contributed by atoms with van der Waals surface area (Å²) in [5.41, 5.74) is 6.63. The van der Waals surface area contributed by atoms with Gasteiger partial charge >= 0.3 is 0 Å². The molecule has 2 fully saturated rings. The average molecular weight is 375 g/mol. The topological polar surface area (TPSA) is 62.4 Å². The summed E-state index contributed by atoms with van der Waals surface area (Å²) < 4.78 is 13.6. The maximum Gasteiger partial charge on any atom is 0.196 e. The van der Waals surface area contributed by atoms with Crippen LogP contribution in [0.3, 0.4) is 0 Å². The molecule has 0 spiro atoms. The predicted octanol–water partition coefficient (Wildman–Crippen LogP) is 4.67. The first-order valence-electron chi connectivity index (χ1n) is 10.8. The fraction of sp³-hybridized carbons (Fsp3) is 0.682. The quantitative estimate of drug-likeness (QED) is 0.399. The van der Waals surface area contributed by atoms with E-state index >= 15 is 0 Å². The lowest BCUT2D eigenvalue weighted by Gasteiger charge is -2.27. The minimum Gasteiger partial charge on any atom is -0.353 e. The van der Waals surface area contributed by atoms with Crippen molar-refractivity contribution in [2.75, 3.05) is 18.4 Å². The standard InChI is InChI=1S/C22H35FN4/c23-19-9-6-12-21(14-19)27-22(26-20-10-3-1-2-4-11-20)25-16-18-8-5-7-17(13-18)15-24/h6,9,12,14,17-18,20H,1-5,7-8,10-11,13,15-16,24H2,(H2,25,26,27). The van der Waals surface area contributed by atoms with E-state index in [0.717, 1.165) is 24.7 Å². The third kappa shape index (κ3) is 6.80. The van der Waals surface area contributed by atoms with E-state index in [4.69, 9.17) is 10.7 Å².